The van der Waals surface area contributed by atoms with Crippen LogP contribution in [-0.4, -0.2) is 86.3 Å². The minimum absolute atomic E-state index is 0. The summed E-state index contributed by atoms with van der Waals surface area (Å²) in [5.41, 5.74) is 13.4. The largest absolute Gasteiger partial charge is 0.383 e. The molecule has 0 radical (unpaired) electrons. The molecule has 1 aliphatic heterocycles. The lowest BCUT2D eigenvalue weighted by molar-refractivity contribution is -0.111. The number of methoxy groups -OCH3 is 4. The average Bonchev–Trinajstić information content (AvgIpc) is 3.02. The van der Waals surface area contributed by atoms with Crippen LogP contribution in [0.2, 0.25) is 0 Å². The number of urea groups is 1. The van der Waals surface area contributed by atoms with Crippen molar-refractivity contribution >= 4 is 90.0 Å². The predicted octanol–water partition coefficient (Wildman–Crippen LogP) is 4.61. The highest BCUT2D eigenvalue weighted by Crippen LogP contribution is 2.24. The lowest BCUT2D eigenvalue weighted by Gasteiger charge is -2.30. The number of nitrogens with two attached hydrogens (primary N) is 2. The van der Waals surface area contributed by atoms with Crippen molar-refractivity contribution in [2.45, 2.75) is 25.7 Å². The summed E-state index contributed by atoms with van der Waals surface area (Å²) in [5.74, 6) is 1.39. The van der Waals surface area contributed by atoms with E-state index >= 15 is 0 Å². The van der Waals surface area contributed by atoms with Crippen LogP contribution >= 0.6 is 60.2 Å². The standard InChI is InChI=1S/C11H14BrN3O3.C10H16BrN3O2.C6H5BrN2O.ClH/c1-17-9(18-2)6-15-5-7-3-8(12)4-13-10(7)14-11(15)16;1-15-9(16-2)6-13-4-7-3-8(11)5-14-10(7)12;7-5-1-4(3-10)6(8)9-2-5;/h3-4,9H,5-6H2,1-2H3,(H,13,14,16);3,5,9,13H,4,6H2,1-2H3,(H2,12,14);1-3H,(H2,8,9);1H. The van der Waals surface area contributed by atoms with Gasteiger partial charge in [0.1, 0.15) is 17.5 Å². The average molecular weight is 844 g/mol. The molecule has 0 aromatic carbocycles. The highest BCUT2D eigenvalue weighted by atomic mass is 79.9. The van der Waals surface area contributed by atoms with Gasteiger partial charge < -0.3 is 40.6 Å². The van der Waals surface area contributed by atoms with Crippen molar-refractivity contribution in [2.24, 2.45) is 0 Å². The van der Waals surface area contributed by atoms with Gasteiger partial charge in [-0.15, -0.1) is 12.4 Å². The molecule has 4 rings (SSSR count). The summed E-state index contributed by atoms with van der Waals surface area (Å²) in [6, 6.07) is 5.29. The lowest BCUT2D eigenvalue weighted by Crippen LogP contribution is -2.44. The van der Waals surface area contributed by atoms with Gasteiger partial charge in [-0.2, -0.15) is 0 Å². The number of carbonyl (C=O) groups is 2. The van der Waals surface area contributed by atoms with Crippen molar-refractivity contribution in [3.05, 3.63) is 66.9 Å². The quantitative estimate of drug-likeness (QED) is 0.155. The summed E-state index contributed by atoms with van der Waals surface area (Å²) in [5, 5.41) is 5.92. The molecule has 248 valence electrons. The number of ether oxygens (including phenoxy) is 4. The third kappa shape index (κ3) is 13.8. The summed E-state index contributed by atoms with van der Waals surface area (Å²) >= 11 is 9.87. The maximum Gasteiger partial charge on any atom is 0.323 e. The first-order chi connectivity index (χ1) is 21.0. The summed E-state index contributed by atoms with van der Waals surface area (Å²) < 4.78 is 22.8. The second-order valence-electron chi connectivity index (χ2n) is 8.85. The van der Waals surface area contributed by atoms with Gasteiger partial charge in [0.2, 0.25) is 0 Å². The molecule has 6 N–H and O–H groups in total. The molecule has 0 saturated heterocycles. The molecular weight excluding hydrogens is 808 g/mol. The number of hydrogen-bond acceptors (Lipinski definition) is 12. The van der Waals surface area contributed by atoms with Gasteiger partial charge in [-0.25, -0.2) is 19.7 Å². The highest BCUT2D eigenvalue weighted by molar-refractivity contribution is 9.11. The summed E-state index contributed by atoms with van der Waals surface area (Å²) in [6.07, 6.45) is 4.86. The highest BCUT2D eigenvalue weighted by Gasteiger charge is 2.26. The smallest absolute Gasteiger partial charge is 0.323 e. The Bertz CT molecular complexity index is 1370. The Balaban J connectivity index is 0.000000347. The Labute approximate surface area is 293 Å². The zero-order valence-electron chi connectivity index (χ0n) is 25.0. The third-order valence-corrected chi connectivity index (χ3v) is 7.17. The molecule has 45 heavy (non-hydrogen) atoms. The topological polar surface area (TPSA) is 189 Å². The minimum Gasteiger partial charge on any atom is -0.383 e. The number of hydrogen-bond donors (Lipinski definition) is 4. The molecule has 0 spiro atoms. The molecule has 0 bridgehead atoms. The molecule has 1 aliphatic rings. The maximum atomic E-state index is 11.9. The first-order valence-electron chi connectivity index (χ1n) is 12.8. The summed E-state index contributed by atoms with van der Waals surface area (Å²) in [6.45, 7) is 2.07. The zero-order valence-corrected chi connectivity index (χ0v) is 30.5. The van der Waals surface area contributed by atoms with Crippen LogP contribution in [-0.2, 0) is 32.0 Å². The van der Waals surface area contributed by atoms with Gasteiger partial charge in [-0.1, -0.05) is 0 Å². The summed E-state index contributed by atoms with van der Waals surface area (Å²) in [7, 11) is 6.29. The normalized spacial score (nSPS) is 11.8. The van der Waals surface area contributed by atoms with Gasteiger partial charge in [0.05, 0.1) is 18.7 Å². The number of carbonyl (C=O) groups excluding carboxylic acids is 2. The molecule has 3 aromatic rings. The van der Waals surface area contributed by atoms with Crippen LogP contribution in [0.15, 0.2) is 50.2 Å². The van der Waals surface area contributed by atoms with Crippen LogP contribution in [0.1, 0.15) is 21.5 Å². The second-order valence-corrected chi connectivity index (χ2v) is 11.6. The Morgan fingerprint density at radius 2 is 1.47 bits per heavy atom. The van der Waals surface area contributed by atoms with Gasteiger partial charge >= 0.3 is 6.03 Å². The molecule has 0 unspecified atom stereocenters. The molecular formula is C27H36Br3ClN8O6. The van der Waals surface area contributed by atoms with E-state index in [1.165, 1.54) is 0 Å². The van der Waals surface area contributed by atoms with Gasteiger partial charge in [-0.3, -0.25) is 10.1 Å². The predicted molar refractivity (Wildman–Crippen MR) is 184 cm³/mol. The fraction of sp³-hybridized carbons (Fsp3) is 0.370. The van der Waals surface area contributed by atoms with E-state index in [9.17, 15) is 9.59 Å². The Hall–Kier alpha value is -2.48. The van der Waals surface area contributed by atoms with Crippen molar-refractivity contribution in [1.82, 2.24) is 25.2 Å². The van der Waals surface area contributed by atoms with Crippen molar-refractivity contribution in [1.29, 1.82) is 0 Å². The van der Waals surface area contributed by atoms with Crippen LogP contribution in [0.25, 0.3) is 0 Å². The number of anilines is 3. The van der Waals surface area contributed by atoms with Crippen molar-refractivity contribution in [3.63, 3.8) is 0 Å². The zero-order chi connectivity index (χ0) is 32.6. The number of fused-ring (bicyclic) bond motifs is 1. The van der Waals surface area contributed by atoms with Crippen molar-refractivity contribution in [2.75, 3.05) is 58.3 Å². The van der Waals surface area contributed by atoms with Gasteiger partial charge in [0.25, 0.3) is 0 Å². The van der Waals surface area contributed by atoms with Crippen LogP contribution < -0.4 is 22.1 Å². The van der Waals surface area contributed by atoms with E-state index in [0.717, 1.165) is 24.5 Å². The Morgan fingerprint density at radius 1 is 0.911 bits per heavy atom. The van der Waals surface area contributed by atoms with E-state index in [0.29, 0.717) is 49.7 Å². The van der Waals surface area contributed by atoms with Gasteiger partial charge in [0, 0.05) is 84.7 Å². The van der Waals surface area contributed by atoms with E-state index in [1.54, 1.807) is 58.0 Å². The van der Waals surface area contributed by atoms with Crippen LogP contribution in [0.5, 0.6) is 0 Å². The molecule has 0 atom stereocenters. The molecule has 0 saturated carbocycles. The van der Waals surface area contributed by atoms with Crippen LogP contribution in [0.3, 0.4) is 0 Å². The first kappa shape index (κ1) is 40.5. The van der Waals surface area contributed by atoms with Crippen molar-refractivity contribution < 1.29 is 28.5 Å². The van der Waals surface area contributed by atoms with E-state index in [4.69, 9.17) is 30.4 Å². The number of rotatable bonds is 11. The number of amides is 2. The van der Waals surface area contributed by atoms with Gasteiger partial charge in [0.15, 0.2) is 18.9 Å². The van der Waals surface area contributed by atoms with Crippen molar-refractivity contribution in [3.8, 4) is 0 Å². The van der Waals surface area contributed by atoms with Gasteiger partial charge in [-0.05, 0) is 66.0 Å². The number of pyridine rings is 3. The second kappa shape index (κ2) is 21.3. The molecule has 2 amide bonds. The van der Waals surface area contributed by atoms with Crippen LogP contribution in [0.4, 0.5) is 22.2 Å². The van der Waals surface area contributed by atoms with E-state index in [2.05, 4.69) is 73.4 Å². The molecule has 14 nitrogen and oxygen atoms in total. The van der Waals surface area contributed by atoms with Crippen LogP contribution in [0, 0.1) is 0 Å². The fourth-order valence-corrected chi connectivity index (χ4v) is 4.63. The monoisotopic (exact) mass is 840 g/mol. The van der Waals surface area contributed by atoms with E-state index in [-0.39, 0.29) is 30.5 Å². The maximum absolute atomic E-state index is 11.9. The lowest BCUT2D eigenvalue weighted by atomic mass is 10.2. The molecule has 3 aromatic heterocycles. The Kier molecular flexibility index (Phi) is 19.2. The molecule has 0 aliphatic carbocycles. The number of nitrogens with one attached hydrogen (secondary N) is 2. The first-order valence-corrected chi connectivity index (χ1v) is 15.2. The SMILES string of the molecule is COC(CN1Cc2cc(Br)cnc2NC1=O)OC.COC(CNCc1cc(Br)cnc1N)OC.Cl.Nc1ncc(Br)cc1C=O. The molecule has 18 heteroatoms. The number of halogens is 4. The number of nitrogens with zero attached hydrogens (tertiary/aromatic N) is 4. The molecule has 0 fully saturated rings. The number of aldehydes is 1. The molecule has 4 heterocycles. The number of nitrogen functional groups attached to an aromatic ring is 2. The minimum atomic E-state index is -0.433. The Morgan fingerprint density at radius 3 is 2.04 bits per heavy atom. The van der Waals surface area contributed by atoms with E-state index < -0.39 is 6.29 Å². The third-order valence-electron chi connectivity index (χ3n) is 5.87. The summed E-state index contributed by atoms with van der Waals surface area (Å²) in [4.78, 5) is 35.7. The van der Waals surface area contributed by atoms with E-state index in [1.807, 2.05) is 12.1 Å². The fourth-order valence-electron chi connectivity index (χ4n) is 3.53. The number of aromatic nitrogens is 3.